The molecule has 0 unspecified atom stereocenters. The number of nitrogens with zero attached hydrogens (tertiary/aromatic N) is 4. The molecule has 2 amide bonds. The first-order chi connectivity index (χ1) is 21.9. The van der Waals surface area contributed by atoms with Gasteiger partial charge in [-0.25, -0.2) is 4.79 Å². The maximum Gasteiger partial charge on any atom is 0.303 e. The van der Waals surface area contributed by atoms with E-state index in [-0.39, 0.29) is 62.6 Å². The molecule has 2 heterocycles. The van der Waals surface area contributed by atoms with Crippen molar-refractivity contribution in [2.24, 2.45) is 0 Å². The Morgan fingerprint density at radius 2 is 1.56 bits per heavy atom. The third kappa shape index (κ3) is 7.07. The maximum atomic E-state index is 14.2. The summed E-state index contributed by atoms with van der Waals surface area (Å²) in [5, 5.41) is 15.9. The molecule has 2 N–H and O–H groups in total. The Bertz CT molecular complexity index is 1550. The van der Waals surface area contributed by atoms with E-state index >= 15 is 0 Å². The van der Waals surface area contributed by atoms with Crippen molar-refractivity contribution in [3.05, 3.63) is 114 Å². The number of terminal acetylenes is 1. The van der Waals surface area contributed by atoms with E-state index in [9.17, 15) is 24.3 Å². The van der Waals surface area contributed by atoms with Crippen LogP contribution >= 0.6 is 0 Å². The molecule has 0 aliphatic carbocycles. The Morgan fingerprint density at radius 1 is 0.956 bits per heavy atom. The fourth-order valence-electron chi connectivity index (χ4n) is 6.11. The number of nitrogens with one attached hydrogen (secondary N) is 1. The highest BCUT2D eigenvalue weighted by atomic mass is 16.4. The van der Waals surface area contributed by atoms with Gasteiger partial charge in [0.2, 0.25) is 17.6 Å². The summed E-state index contributed by atoms with van der Waals surface area (Å²) in [6.07, 6.45) is 4.48. The van der Waals surface area contributed by atoms with Crippen molar-refractivity contribution < 1.29 is 24.3 Å². The molecule has 230 valence electrons. The first-order valence-corrected chi connectivity index (χ1v) is 14.8. The molecular formula is C35H35N5O5. The summed E-state index contributed by atoms with van der Waals surface area (Å²) in [6.45, 7) is 0.478. The van der Waals surface area contributed by atoms with Gasteiger partial charge in [0.05, 0.1) is 19.6 Å². The molecule has 10 heteroatoms. The fraction of sp³-hybridized carbons (Fsp3) is 0.286. The molecule has 5 rings (SSSR count). The number of carboxylic acids is 1. The first kappa shape index (κ1) is 31.1. The summed E-state index contributed by atoms with van der Waals surface area (Å²) < 4.78 is 0. The van der Waals surface area contributed by atoms with Crippen LogP contribution in [0.15, 0.2) is 96.8 Å². The highest BCUT2D eigenvalue weighted by molar-refractivity contribution is 5.91. The zero-order valence-electron chi connectivity index (χ0n) is 24.8. The lowest BCUT2D eigenvalue weighted by molar-refractivity contribution is -0.194. The third-order valence-corrected chi connectivity index (χ3v) is 8.17. The van der Waals surface area contributed by atoms with E-state index in [0.717, 1.165) is 16.7 Å². The van der Waals surface area contributed by atoms with Gasteiger partial charge in [0.25, 0.3) is 0 Å². The second kappa shape index (κ2) is 14.4. The summed E-state index contributed by atoms with van der Waals surface area (Å²) in [5.74, 6) is 2.65. The van der Waals surface area contributed by atoms with Crippen LogP contribution in [0.25, 0.3) is 0 Å². The number of piperazine rings is 1. The van der Waals surface area contributed by atoms with Gasteiger partial charge in [-0.05, 0) is 23.1 Å². The van der Waals surface area contributed by atoms with Crippen LogP contribution in [0.4, 0.5) is 0 Å². The van der Waals surface area contributed by atoms with Gasteiger partial charge >= 0.3 is 5.97 Å². The van der Waals surface area contributed by atoms with Crippen LogP contribution in [0.2, 0.25) is 0 Å². The third-order valence-electron chi connectivity index (χ3n) is 8.17. The van der Waals surface area contributed by atoms with Gasteiger partial charge in [-0.3, -0.25) is 19.4 Å². The fourth-order valence-corrected chi connectivity index (χ4v) is 6.11. The molecule has 2 aliphatic heterocycles. The summed E-state index contributed by atoms with van der Waals surface area (Å²) in [7, 11) is 0. The van der Waals surface area contributed by atoms with Gasteiger partial charge in [0.1, 0.15) is 12.2 Å². The number of carboxylic acid groups (broad SMARTS) is 1. The highest BCUT2D eigenvalue weighted by Crippen LogP contribution is 2.33. The Labute approximate surface area is 262 Å². The molecule has 0 bridgehead atoms. The largest absolute Gasteiger partial charge is 0.481 e. The van der Waals surface area contributed by atoms with E-state index in [4.69, 9.17) is 6.42 Å². The number of carbonyl (C=O) groups excluding carboxylic acids is 3. The average molecular weight is 606 g/mol. The average Bonchev–Trinajstić information content (AvgIpc) is 3.06. The molecule has 2 fully saturated rings. The second-order valence-electron chi connectivity index (χ2n) is 11.0. The summed E-state index contributed by atoms with van der Waals surface area (Å²) in [6, 6.07) is 28.1. The van der Waals surface area contributed by atoms with Gasteiger partial charge in [-0.2, -0.15) is 5.01 Å². The molecule has 2 atom stereocenters. The van der Waals surface area contributed by atoms with E-state index < -0.39 is 18.2 Å². The van der Waals surface area contributed by atoms with Crippen LogP contribution in [0.3, 0.4) is 0 Å². The number of aliphatic carboxylic acids is 1. The molecule has 45 heavy (non-hydrogen) atoms. The number of benzene rings is 3. The maximum absolute atomic E-state index is 14.2. The molecule has 2 saturated heterocycles. The van der Waals surface area contributed by atoms with Crippen LogP contribution in [0.5, 0.6) is 0 Å². The lowest BCUT2D eigenvalue weighted by Gasteiger charge is -2.56. The Kier molecular flexibility index (Phi) is 9.95. The van der Waals surface area contributed by atoms with Crippen molar-refractivity contribution in [1.82, 2.24) is 25.1 Å². The van der Waals surface area contributed by atoms with Crippen LogP contribution in [0, 0.1) is 12.3 Å². The molecule has 10 nitrogen and oxygen atoms in total. The Hall–Kier alpha value is -5.36. The van der Waals surface area contributed by atoms with Crippen molar-refractivity contribution in [3.63, 3.8) is 0 Å². The smallest absolute Gasteiger partial charge is 0.303 e. The minimum atomic E-state index is -1.07. The lowest BCUT2D eigenvalue weighted by Crippen LogP contribution is -2.75. The van der Waals surface area contributed by atoms with E-state index in [0.29, 0.717) is 6.54 Å². The van der Waals surface area contributed by atoms with Crippen molar-refractivity contribution in [1.29, 1.82) is 0 Å². The van der Waals surface area contributed by atoms with Gasteiger partial charge in [-0.15, -0.1) is 6.42 Å². The lowest BCUT2D eigenvalue weighted by atomic mass is 9.90. The number of rotatable bonds is 12. The standard InChI is InChI=1S/C35H35N5O5/c1-2-20-38-24-33(42)39-30(18-19-34(43)44)35(45)37(22-29(27-14-8-4-9-15-27)28-16-10-5-11-17-28)23-32(39)40(38)31(25-41)36-21-26-12-6-3-7-13-26/h1,3-17,29-30,32,36H,18-24H2,(H,43,44)/t30-,32-/m0/s1. The zero-order valence-corrected chi connectivity index (χ0v) is 24.8. The molecule has 0 saturated carbocycles. The Morgan fingerprint density at radius 3 is 2.11 bits per heavy atom. The van der Waals surface area contributed by atoms with E-state index in [2.05, 4.69) is 11.2 Å². The summed E-state index contributed by atoms with van der Waals surface area (Å²) in [5.41, 5.74) is 2.93. The van der Waals surface area contributed by atoms with Crippen molar-refractivity contribution in [2.75, 3.05) is 26.2 Å². The van der Waals surface area contributed by atoms with Crippen LogP contribution in [-0.4, -0.2) is 87.0 Å². The monoisotopic (exact) mass is 605 g/mol. The van der Waals surface area contributed by atoms with Gasteiger partial charge in [-0.1, -0.05) is 96.9 Å². The molecule has 3 aromatic carbocycles. The van der Waals surface area contributed by atoms with Crippen molar-refractivity contribution in [2.45, 2.75) is 37.5 Å². The number of hydrogen-bond donors (Lipinski definition) is 2. The molecule has 0 aromatic heterocycles. The van der Waals surface area contributed by atoms with Gasteiger partial charge in [0, 0.05) is 25.4 Å². The van der Waals surface area contributed by atoms with E-state index in [1.165, 1.54) is 4.90 Å². The zero-order chi connectivity index (χ0) is 31.8. The quantitative estimate of drug-likeness (QED) is 0.240. The Balaban J connectivity index is 1.53. The SMILES string of the molecule is C#CCN1CC(=O)N2[C@@H](CCC(=O)O)C(=O)N(CC(c3ccccc3)c3ccccc3)C[C@@H]2N1C(=C=O)NCc1ccccc1. The molecule has 0 radical (unpaired) electrons. The minimum Gasteiger partial charge on any atom is -0.481 e. The second-order valence-corrected chi connectivity index (χ2v) is 11.0. The van der Waals surface area contributed by atoms with Crippen LogP contribution in [-0.2, 0) is 25.7 Å². The summed E-state index contributed by atoms with van der Waals surface area (Å²) in [4.78, 5) is 55.1. The number of hydrogen-bond acceptors (Lipinski definition) is 7. The molecule has 2 aliphatic rings. The predicted molar refractivity (Wildman–Crippen MR) is 167 cm³/mol. The molecule has 0 spiro atoms. The predicted octanol–water partition coefficient (Wildman–Crippen LogP) is 2.68. The normalized spacial score (nSPS) is 18.3. The van der Waals surface area contributed by atoms with Crippen LogP contribution < -0.4 is 5.32 Å². The van der Waals surface area contributed by atoms with E-state index in [1.54, 1.807) is 14.9 Å². The number of amides is 2. The first-order valence-electron chi connectivity index (χ1n) is 14.8. The van der Waals surface area contributed by atoms with Gasteiger partial charge < -0.3 is 20.2 Å². The summed E-state index contributed by atoms with van der Waals surface area (Å²) >= 11 is 0. The van der Waals surface area contributed by atoms with Crippen molar-refractivity contribution >= 4 is 23.7 Å². The minimum absolute atomic E-state index is 0.0265. The van der Waals surface area contributed by atoms with Crippen molar-refractivity contribution in [3.8, 4) is 12.3 Å². The van der Waals surface area contributed by atoms with E-state index in [1.807, 2.05) is 96.9 Å². The number of carbonyl (C=O) groups is 3. The van der Waals surface area contributed by atoms with Gasteiger partial charge in [0.15, 0.2) is 5.94 Å². The molecule has 3 aromatic rings. The highest BCUT2D eigenvalue weighted by Gasteiger charge is 2.51. The topological polar surface area (TPSA) is 114 Å². The van der Waals surface area contributed by atoms with Crippen LogP contribution in [0.1, 0.15) is 35.4 Å². The molecular weight excluding hydrogens is 570 g/mol. The number of fused-ring (bicyclic) bond motifs is 1. The number of hydrazine groups is 1.